The van der Waals surface area contributed by atoms with Crippen LogP contribution in [-0.2, 0) is 10.0 Å². The first kappa shape index (κ1) is 23.1. The van der Waals surface area contributed by atoms with Gasteiger partial charge in [-0.05, 0) is 67.1 Å². The number of rotatable bonds is 8. The quantitative estimate of drug-likeness (QED) is 0.464. The van der Waals surface area contributed by atoms with E-state index in [1.807, 2.05) is 17.0 Å². The van der Waals surface area contributed by atoms with Gasteiger partial charge >= 0.3 is 0 Å². The Morgan fingerprint density at radius 1 is 0.909 bits per heavy atom. The van der Waals surface area contributed by atoms with E-state index in [-0.39, 0.29) is 10.7 Å². The molecular formula is C24H27FN4O3S. The average molecular weight is 471 g/mol. The van der Waals surface area contributed by atoms with Crippen molar-refractivity contribution in [2.45, 2.75) is 24.7 Å². The maximum absolute atomic E-state index is 13.1. The van der Waals surface area contributed by atoms with E-state index in [2.05, 4.69) is 17.1 Å². The van der Waals surface area contributed by atoms with Gasteiger partial charge in [0.25, 0.3) is 0 Å². The molecule has 1 aromatic heterocycles. The average Bonchev–Trinajstić information content (AvgIpc) is 2.85. The van der Waals surface area contributed by atoms with E-state index >= 15 is 0 Å². The monoisotopic (exact) mass is 470 g/mol. The van der Waals surface area contributed by atoms with Crippen LogP contribution in [0.1, 0.15) is 19.8 Å². The summed E-state index contributed by atoms with van der Waals surface area (Å²) >= 11 is 0. The summed E-state index contributed by atoms with van der Waals surface area (Å²) in [6, 6.07) is 16.4. The number of aromatic nitrogens is 2. The zero-order chi connectivity index (χ0) is 23.3. The van der Waals surface area contributed by atoms with Crippen molar-refractivity contribution >= 4 is 15.8 Å². The molecule has 7 nitrogen and oxygen atoms in total. The Morgan fingerprint density at radius 2 is 1.61 bits per heavy atom. The van der Waals surface area contributed by atoms with Gasteiger partial charge in [-0.2, -0.15) is 4.31 Å². The molecule has 1 aliphatic rings. The summed E-state index contributed by atoms with van der Waals surface area (Å²) in [7, 11) is -3.57. The molecule has 33 heavy (non-hydrogen) atoms. The summed E-state index contributed by atoms with van der Waals surface area (Å²) in [6.07, 6.45) is 2.01. The predicted molar refractivity (Wildman–Crippen MR) is 125 cm³/mol. The second-order valence-corrected chi connectivity index (χ2v) is 9.79. The molecule has 0 amide bonds. The minimum absolute atomic E-state index is 0.266. The Hall–Kier alpha value is -3.04. The van der Waals surface area contributed by atoms with Gasteiger partial charge in [0.15, 0.2) is 5.82 Å². The number of ether oxygens (including phenoxy) is 1. The standard InChI is InChI=1S/C24H27FN4O3S/c1-2-3-18-32-21-8-10-22(11-9-21)33(30,31)29-16-14-28(15-17-29)24-13-12-23(26-27-24)19-4-6-20(25)7-5-19/h4-13H,2-3,14-18H2,1H3. The molecule has 1 fully saturated rings. The molecule has 0 spiro atoms. The Balaban J connectivity index is 1.36. The number of anilines is 1. The van der Waals surface area contributed by atoms with Gasteiger partial charge in [0.1, 0.15) is 11.6 Å². The first-order chi connectivity index (χ1) is 16.0. The first-order valence-corrected chi connectivity index (χ1v) is 12.5. The highest BCUT2D eigenvalue weighted by Gasteiger charge is 2.29. The van der Waals surface area contributed by atoms with Crippen LogP contribution in [0.5, 0.6) is 5.75 Å². The number of unbranched alkanes of at least 4 members (excludes halogenated alkanes) is 1. The summed E-state index contributed by atoms with van der Waals surface area (Å²) in [5.41, 5.74) is 1.44. The largest absolute Gasteiger partial charge is 0.494 e. The van der Waals surface area contributed by atoms with E-state index in [9.17, 15) is 12.8 Å². The molecule has 0 saturated carbocycles. The van der Waals surface area contributed by atoms with Crippen molar-refractivity contribution in [2.24, 2.45) is 0 Å². The summed E-state index contributed by atoms with van der Waals surface area (Å²) in [5.74, 6) is 1.06. The maximum Gasteiger partial charge on any atom is 0.243 e. The van der Waals surface area contributed by atoms with Gasteiger partial charge in [0.05, 0.1) is 17.2 Å². The highest BCUT2D eigenvalue weighted by atomic mass is 32.2. The Kier molecular flexibility index (Phi) is 7.20. The normalized spacial score (nSPS) is 14.9. The lowest BCUT2D eigenvalue weighted by Gasteiger charge is -2.34. The van der Waals surface area contributed by atoms with Crippen molar-refractivity contribution in [3.05, 3.63) is 66.5 Å². The number of halogens is 1. The van der Waals surface area contributed by atoms with Gasteiger partial charge in [-0.25, -0.2) is 12.8 Å². The van der Waals surface area contributed by atoms with Crippen molar-refractivity contribution in [1.29, 1.82) is 0 Å². The molecular weight excluding hydrogens is 443 g/mol. The van der Waals surface area contributed by atoms with Gasteiger partial charge in [-0.15, -0.1) is 10.2 Å². The van der Waals surface area contributed by atoms with Gasteiger partial charge in [0, 0.05) is 31.7 Å². The lowest BCUT2D eigenvalue weighted by atomic mass is 10.1. The third-order valence-electron chi connectivity index (χ3n) is 5.58. The molecule has 0 unspecified atom stereocenters. The molecule has 3 aromatic rings. The van der Waals surface area contributed by atoms with Gasteiger partial charge < -0.3 is 9.64 Å². The molecule has 1 saturated heterocycles. The predicted octanol–water partition coefficient (Wildman–Crippen LogP) is 3.97. The van der Waals surface area contributed by atoms with Crippen LogP contribution in [0.15, 0.2) is 65.6 Å². The Labute approximate surface area is 193 Å². The van der Waals surface area contributed by atoms with Crippen LogP contribution in [0.2, 0.25) is 0 Å². The van der Waals surface area contributed by atoms with Crippen LogP contribution in [0.4, 0.5) is 10.2 Å². The second-order valence-electron chi connectivity index (χ2n) is 7.85. The number of piperazine rings is 1. The molecule has 2 aromatic carbocycles. The topological polar surface area (TPSA) is 75.6 Å². The van der Waals surface area contributed by atoms with Crippen LogP contribution in [0.25, 0.3) is 11.3 Å². The van der Waals surface area contributed by atoms with Crippen molar-refractivity contribution in [2.75, 3.05) is 37.7 Å². The lowest BCUT2D eigenvalue weighted by molar-refractivity contribution is 0.309. The smallest absolute Gasteiger partial charge is 0.243 e. The highest BCUT2D eigenvalue weighted by molar-refractivity contribution is 7.89. The first-order valence-electron chi connectivity index (χ1n) is 11.0. The molecule has 1 aliphatic heterocycles. The van der Waals surface area contributed by atoms with E-state index in [4.69, 9.17) is 4.74 Å². The fraction of sp³-hybridized carbons (Fsp3) is 0.333. The summed E-state index contributed by atoms with van der Waals surface area (Å²) in [6.45, 7) is 4.47. The van der Waals surface area contributed by atoms with Gasteiger partial charge in [0.2, 0.25) is 10.0 Å². The second kappa shape index (κ2) is 10.3. The Morgan fingerprint density at radius 3 is 2.21 bits per heavy atom. The maximum atomic E-state index is 13.1. The number of benzene rings is 2. The third kappa shape index (κ3) is 5.48. The lowest BCUT2D eigenvalue weighted by Crippen LogP contribution is -2.48. The molecule has 0 radical (unpaired) electrons. The molecule has 0 atom stereocenters. The van der Waals surface area contributed by atoms with E-state index in [0.717, 1.165) is 18.4 Å². The molecule has 0 aliphatic carbocycles. The molecule has 174 valence electrons. The van der Waals surface area contributed by atoms with Crippen LogP contribution in [0.3, 0.4) is 0 Å². The van der Waals surface area contributed by atoms with E-state index in [1.54, 1.807) is 36.4 Å². The van der Waals surface area contributed by atoms with Crippen LogP contribution in [-0.4, -0.2) is 55.7 Å². The number of sulfonamides is 1. The number of hydrogen-bond acceptors (Lipinski definition) is 6. The van der Waals surface area contributed by atoms with Crippen molar-refractivity contribution in [3.63, 3.8) is 0 Å². The minimum atomic E-state index is -3.57. The van der Waals surface area contributed by atoms with Crippen LogP contribution >= 0.6 is 0 Å². The van der Waals surface area contributed by atoms with Crippen molar-refractivity contribution < 1.29 is 17.5 Å². The number of hydrogen-bond donors (Lipinski definition) is 0. The molecule has 2 heterocycles. The van der Waals surface area contributed by atoms with Gasteiger partial charge in [-0.3, -0.25) is 0 Å². The fourth-order valence-corrected chi connectivity index (χ4v) is 5.04. The summed E-state index contributed by atoms with van der Waals surface area (Å²) < 4.78 is 46.3. The number of nitrogens with zero attached hydrogens (tertiary/aromatic N) is 4. The van der Waals surface area contributed by atoms with E-state index in [1.165, 1.54) is 16.4 Å². The van der Waals surface area contributed by atoms with Crippen molar-refractivity contribution in [1.82, 2.24) is 14.5 Å². The van der Waals surface area contributed by atoms with Crippen LogP contribution in [0, 0.1) is 5.82 Å². The zero-order valence-electron chi connectivity index (χ0n) is 18.5. The molecule has 0 N–H and O–H groups in total. The van der Waals surface area contributed by atoms with E-state index in [0.29, 0.717) is 50.0 Å². The third-order valence-corrected chi connectivity index (χ3v) is 7.49. The SMILES string of the molecule is CCCCOc1ccc(S(=O)(=O)N2CCN(c3ccc(-c4ccc(F)cc4)nn3)CC2)cc1. The molecule has 9 heteroatoms. The van der Waals surface area contributed by atoms with Crippen molar-refractivity contribution in [3.8, 4) is 17.0 Å². The Bertz CT molecular complexity index is 1150. The highest BCUT2D eigenvalue weighted by Crippen LogP contribution is 2.23. The minimum Gasteiger partial charge on any atom is -0.494 e. The molecule has 0 bridgehead atoms. The summed E-state index contributed by atoms with van der Waals surface area (Å²) in [4.78, 5) is 2.28. The molecule has 4 rings (SSSR count). The fourth-order valence-electron chi connectivity index (χ4n) is 3.62. The summed E-state index contributed by atoms with van der Waals surface area (Å²) in [5, 5.41) is 8.53. The zero-order valence-corrected chi connectivity index (χ0v) is 19.3. The van der Waals surface area contributed by atoms with Gasteiger partial charge in [-0.1, -0.05) is 13.3 Å². The van der Waals surface area contributed by atoms with Crippen LogP contribution < -0.4 is 9.64 Å². The van der Waals surface area contributed by atoms with E-state index < -0.39 is 10.0 Å².